The summed E-state index contributed by atoms with van der Waals surface area (Å²) in [6.07, 6.45) is 13.5. The molecule has 2 heteroatoms. The summed E-state index contributed by atoms with van der Waals surface area (Å²) in [6, 6.07) is 0. The van der Waals surface area contributed by atoms with Crippen molar-refractivity contribution in [2.75, 3.05) is 26.2 Å². The van der Waals surface area contributed by atoms with Crippen LogP contribution in [0, 0.1) is 0 Å². The highest BCUT2D eigenvalue weighted by atomic mass is 15.3. The van der Waals surface area contributed by atoms with Gasteiger partial charge in [-0.25, -0.2) is 0 Å². The van der Waals surface area contributed by atoms with E-state index < -0.39 is 0 Å². The highest BCUT2D eigenvalue weighted by molar-refractivity contribution is 5.00. The molecule has 0 unspecified atom stereocenters. The Morgan fingerprint density at radius 1 is 0.619 bits per heavy atom. The van der Waals surface area contributed by atoms with Gasteiger partial charge in [-0.3, -0.25) is 0 Å². The lowest BCUT2D eigenvalue weighted by Gasteiger charge is -2.34. The second-order valence-corrected chi connectivity index (χ2v) is 5.82. The van der Waals surface area contributed by atoms with Gasteiger partial charge in [-0.05, 0) is 46.6 Å². The molecule has 0 spiro atoms. The number of hydrogen-bond donors (Lipinski definition) is 0. The molecule has 0 saturated carbocycles. The molecule has 2 nitrogen and oxygen atoms in total. The van der Waals surface area contributed by atoms with Crippen LogP contribution in [0.1, 0.15) is 86.0 Å². The van der Waals surface area contributed by atoms with E-state index in [1.807, 2.05) is 0 Å². The smallest absolute Gasteiger partial charge is 0.0997 e. The molecule has 0 rings (SSSR count). The van der Waals surface area contributed by atoms with E-state index in [4.69, 9.17) is 0 Å². The monoisotopic (exact) mass is 296 g/mol. The quantitative estimate of drug-likeness (QED) is 0.382. The third kappa shape index (κ3) is 9.06. The van der Waals surface area contributed by atoms with Gasteiger partial charge in [0.15, 0.2) is 0 Å². The van der Waals surface area contributed by atoms with Gasteiger partial charge in [0.25, 0.3) is 0 Å². The van der Waals surface area contributed by atoms with Gasteiger partial charge >= 0.3 is 0 Å². The lowest BCUT2D eigenvalue weighted by atomic mass is 10.1. The van der Waals surface area contributed by atoms with Crippen molar-refractivity contribution in [2.24, 2.45) is 0 Å². The van der Waals surface area contributed by atoms with Gasteiger partial charge in [0.1, 0.15) is 0 Å². The lowest BCUT2D eigenvalue weighted by Crippen LogP contribution is -2.35. The van der Waals surface area contributed by atoms with Crippen LogP contribution in [-0.4, -0.2) is 36.0 Å². The number of allylic oxidation sites excluding steroid dienone is 1. The van der Waals surface area contributed by atoms with E-state index in [9.17, 15) is 0 Å². The Morgan fingerprint density at radius 3 is 1.48 bits per heavy atom. The molecule has 0 aromatic rings. The normalized spacial score (nSPS) is 10.5. The Hall–Kier alpha value is -0.660. The summed E-state index contributed by atoms with van der Waals surface area (Å²) in [5.41, 5.74) is 0. The first-order valence-corrected chi connectivity index (χ1v) is 9.44. The molecule has 21 heavy (non-hydrogen) atoms. The SMILES string of the molecule is CCCCCCCCCC=C(N(CC)CC)N(CC)CC. The molecule has 0 fully saturated rings. The summed E-state index contributed by atoms with van der Waals surface area (Å²) < 4.78 is 0. The molecular formula is C19H40N2. The van der Waals surface area contributed by atoms with Crippen molar-refractivity contribution in [2.45, 2.75) is 86.0 Å². The number of unbranched alkanes of at least 4 members (excludes halogenated alkanes) is 7. The Morgan fingerprint density at radius 2 is 1.05 bits per heavy atom. The molecule has 0 amide bonds. The highest BCUT2D eigenvalue weighted by Gasteiger charge is 2.10. The first kappa shape index (κ1) is 20.3. The van der Waals surface area contributed by atoms with Crippen molar-refractivity contribution in [1.82, 2.24) is 9.80 Å². The zero-order chi connectivity index (χ0) is 15.9. The van der Waals surface area contributed by atoms with E-state index in [2.05, 4.69) is 50.5 Å². The van der Waals surface area contributed by atoms with Crippen LogP contribution in [0.2, 0.25) is 0 Å². The Kier molecular flexibility index (Phi) is 13.8. The van der Waals surface area contributed by atoms with Gasteiger partial charge in [0.2, 0.25) is 0 Å². The maximum atomic E-state index is 2.49. The standard InChI is InChI=1S/C19H40N2/c1-6-11-12-13-14-15-16-17-18-19(20(7-2)8-3)21(9-4)10-5/h18H,6-17H2,1-5H3. The Bertz CT molecular complexity index is 226. The van der Waals surface area contributed by atoms with Gasteiger partial charge in [-0.1, -0.05) is 45.4 Å². The Labute approximate surface area is 134 Å². The molecule has 0 atom stereocenters. The van der Waals surface area contributed by atoms with Crippen LogP contribution in [0.4, 0.5) is 0 Å². The van der Waals surface area contributed by atoms with Gasteiger partial charge in [0.05, 0.1) is 5.82 Å². The summed E-state index contributed by atoms with van der Waals surface area (Å²) in [7, 11) is 0. The van der Waals surface area contributed by atoms with Crippen LogP contribution in [0.5, 0.6) is 0 Å². The zero-order valence-corrected chi connectivity index (χ0v) is 15.5. The molecule has 0 radical (unpaired) electrons. The van der Waals surface area contributed by atoms with Crippen molar-refractivity contribution in [3.63, 3.8) is 0 Å². The van der Waals surface area contributed by atoms with Crippen molar-refractivity contribution in [1.29, 1.82) is 0 Å². The second kappa shape index (κ2) is 14.3. The zero-order valence-electron chi connectivity index (χ0n) is 15.5. The molecule has 0 aliphatic carbocycles. The highest BCUT2D eigenvalue weighted by Crippen LogP contribution is 2.14. The van der Waals surface area contributed by atoms with Crippen molar-refractivity contribution in [3.05, 3.63) is 11.9 Å². The predicted octanol–water partition coefficient (Wildman–Crippen LogP) is 5.65. The topological polar surface area (TPSA) is 6.48 Å². The first-order valence-electron chi connectivity index (χ1n) is 9.44. The summed E-state index contributed by atoms with van der Waals surface area (Å²) in [5, 5.41) is 0. The first-order chi connectivity index (χ1) is 10.2. The van der Waals surface area contributed by atoms with E-state index in [0.717, 1.165) is 26.2 Å². The van der Waals surface area contributed by atoms with Crippen LogP contribution in [-0.2, 0) is 0 Å². The maximum absolute atomic E-state index is 2.49. The van der Waals surface area contributed by atoms with Crippen molar-refractivity contribution >= 4 is 0 Å². The summed E-state index contributed by atoms with van der Waals surface area (Å²) >= 11 is 0. The van der Waals surface area contributed by atoms with Gasteiger partial charge in [-0.2, -0.15) is 0 Å². The molecule has 0 heterocycles. The Balaban J connectivity index is 4.18. The van der Waals surface area contributed by atoms with Crippen LogP contribution in [0.25, 0.3) is 0 Å². The van der Waals surface area contributed by atoms with Crippen molar-refractivity contribution in [3.8, 4) is 0 Å². The molecular weight excluding hydrogens is 256 g/mol. The molecule has 0 bridgehead atoms. The largest absolute Gasteiger partial charge is 0.359 e. The fraction of sp³-hybridized carbons (Fsp3) is 0.895. The molecule has 0 saturated heterocycles. The van der Waals surface area contributed by atoms with E-state index >= 15 is 0 Å². The van der Waals surface area contributed by atoms with Crippen LogP contribution in [0.3, 0.4) is 0 Å². The van der Waals surface area contributed by atoms with Crippen LogP contribution >= 0.6 is 0 Å². The second-order valence-electron chi connectivity index (χ2n) is 5.82. The minimum Gasteiger partial charge on any atom is -0.359 e. The third-order valence-electron chi connectivity index (χ3n) is 4.31. The minimum atomic E-state index is 1.11. The third-order valence-corrected chi connectivity index (χ3v) is 4.31. The fourth-order valence-electron chi connectivity index (χ4n) is 2.89. The molecule has 126 valence electrons. The summed E-state index contributed by atoms with van der Waals surface area (Å²) in [5.74, 6) is 1.45. The molecule has 0 aliphatic heterocycles. The molecule has 0 aromatic carbocycles. The maximum Gasteiger partial charge on any atom is 0.0997 e. The van der Waals surface area contributed by atoms with Gasteiger partial charge in [-0.15, -0.1) is 0 Å². The van der Waals surface area contributed by atoms with Crippen LogP contribution in [0.15, 0.2) is 11.9 Å². The average molecular weight is 297 g/mol. The minimum absolute atomic E-state index is 1.11. The molecule has 0 aromatic heterocycles. The van der Waals surface area contributed by atoms with Gasteiger partial charge in [0, 0.05) is 26.2 Å². The van der Waals surface area contributed by atoms with Gasteiger partial charge < -0.3 is 9.80 Å². The van der Waals surface area contributed by atoms with E-state index in [1.165, 1.54) is 57.2 Å². The fourth-order valence-corrected chi connectivity index (χ4v) is 2.89. The van der Waals surface area contributed by atoms with E-state index in [0.29, 0.717) is 0 Å². The summed E-state index contributed by atoms with van der Waals surface area (Å²) in [4.78, 5) is 4.99. The summed E-state index contributed by atoms with van der Waals surface area (Å²) in [6.45, 7) is 15.7. The van der Waals surface area contributed by atoms with E-state index in [-0.39, 0.29) is 0 Å². The lowest BCUT2D eigenvalue weighted by molar-refractivity contribution is 0.233. The van der Waals surface area contributed by atoms with Crippen molar-refractivity contribution < 1.29 is 0 Å². The number of nitrogens with zero attached hydrogens (tertiary/aromatic N) is 2. The molecule has 0 N–H and O–H groups in total. The number of rotatable bonds is 14. The number of hydrogen-bond acceptors (Lipinski definition) is 2. The molecule has 0 aliphatic rings. The van der Waals surface area contributed by atoms with E-state index in [1.54, 1.807) is 0 Å². The average Bonchev–Trinajstić information content (AvgIpc) is 2.51. The predicted molar refractivity (Wildman–Crippen MR) is 96.5 cm³/mol. The van der Waals surface area contributed by atoms with Crippen LogP contribution < -0.4 is 0 Å².